The van der Waals surface area contributed by atoms with Crippen LogP contribution in [0.1, 0.15) is 49.6 Å². The maximum absolute atomic E-state index is 12.4. The molecule has 1 atom stereocenters. The molecule has 0 saturated carbocycles. The van der Waals surface area contributed by atoms with Gasteiger partial charge >= 0.3 is 0 Å². The van der Waals surface area contributed by atoms with Crippen LogP contribution in [0.4, 0.5) is 0 Å². The molecule has 0 spiro atoms. The maximum Gasteiger partial charge on any atom is 0.223 e. The Kier molecular flexibility index (Phi) is 5.98. The maximum atomic E-state index is 12.4. The second-order valence-electron chi connectivity index (χ2n) is 5.73. The van der Waals surface area contributed by atoms with Gasteiger partial charge in [0.1, 0.15) is 5.01 Å². The number of carbonyl (C=O) groups is 1. The van der Waals surface area contributed by atoms with Gasteiger partial charge in [0.15, 0.2) is 0 Å². The van der Waals surface area contributed by atoms with Gasteiger partial charge in [-0.25, -0.2) is 4.98 Å². The van der Waals surface area contributed by atoms with E-state index in [0.717, 1.165) is 43.8 Å². The molecule has 4 nitrogen and oxygen atoms in total. The van der Waals surface area contributed by atoms with Crippen molar-refractivity contribution in [3.05, 3.63) is 16.6 Å². The van der Waals surface area contributed by atoms with Gasteiger partial charge in [0.2, 0.25) is 5.91 Å². The van der Waals surface area contributed by atoms with Gasteiger partial charge in [-0.3, -0.25) is 4.79 Å². The zero-order chi connectivity index (χ0) is 14.4. The van der Waals surface area contributed by atoms with Crippen molar-refractivity contribution >= 4 is 17.2 Å². The molecular formula is C15H25N3OS. The molecule has 0 unspecified atom stereocenters. The SMILES string of the molecule is CN(C)CCCCC(=O)N1CCCC[C@H]1c1nccs1. The standard InChI is InChI=1S/C15H25N3OS/c1-17(2)10-5-4-8-14(19)18-11-6-3-7-13(18)15-16-9-12-20-15/h9,12-13H,3-8,10-11H2,1-2H3/t13-/m0/s1. The molecule has 2 rings (SSSR count). The summed E-state index contributed by atoms with van der Waals surface area (Å²) < 4.78 is 0. The highest BCUT2D eigenvalue weighted by atomic mass is 32.1. The van der Waals surface area contributed by atoms with Gasteiger partial charge < -0.3 is 9.80 Å². The van der Waals surface area contributed by atoms with Crippen molar-refractivity contribution in [1.29, 1.82) is 0 Å². The third kappa shape index (κ3) is 4.28. The predicted molar refractivity (Wildman–Crippen MR) is 82.8 cm³/mol. The predicted octanol–water partition coefficient (Wildman–Crippen LogP) is 2.93. The minimum atomic E-state index is 0.227. The average Bonchev–Trinajstić information content (AvgIpc) is 2.97. The summed E-state index contributed by atoms with van der Waals surface area (Å²) in [6.45, 7) is 1.96. The van der Waals surface area contributed by atoms with Gasteiger partial charge in [-0.05, 0) is 52.7 Å². The van der Waals surface area contributed by atoms with Crippen molar-refractivity contribution in [2.75, 3.05) is 27.2 Å². The summed E-state index contributed by atoms with van der Waals surface area (Å²) in [5, 5.41) is 3.11. The Balaban J connectivity index is 1.86. The minimum Gasteiger partial charge on any atom is -0.333 e. The molecule has 1 aromatic rings. The van der Waals surface area contributed by atoms with Gasteiger partial charge in [0.05, 0.1) is 6.04 Å². The lowest BCUT2D eigenvalue weighted by Gasteiger charge is -2.34. The van der Waals surface area contributed by atoms with Crippen LogP contribution in [0.15, 0.2) is 11.6 Å². The van der Waals surface area contributed by atoms with E-state index in [1.165, 1.54) is 6.42 Å². The molecule has 0 bridgehead atoms. The quantitative estimate of drug-likeness (QED) is 0.757. The van der Waals surface area contributed by atoms with Crippen LogP contribution in [0.3, 0.4) is 0 Å². The number of nitrogens with zero attached hydrogens (tertiary/aromatic N) is 3. The molecule has 1 aliphatic heterocycles. The molecule has 0 radical (unpaired) electrons. The first kappa shape index (κ1) is 15.4. The third-order valence-electron chi connectivity index (χ3n) is 3.81. The van der Waals surface area contributed by atoms with E-state index >= 15 is 0 Å². The van der Waals surface area contributed by atoms with E-state index in [4.69, 9.17) is 0 Å². The molecule has 1 aliphatic rings. The van der Waals surface area contributed by atoms with Crippen LogP contribution in [0.2, 0.25) is 0 Å². The van der Waals surface area contributed by atoms with Crippen LogP contribution in [0.25, 0.3) is 0 Å². The molecule has 2 heterocycles. The van der Waals surface area contributed by atoms with Crippen LogP contribution in [0.5, 0.6) is 0 Å². The number of likely N-dealkylation sites (tertiary alicyclic amines) is 1. The van der Waals surface area contributed by atoms with Crippen molar-refractivity contribution in [2.24, 2.45) is 0 Å². The fraction of sp³-hybridized carbons (Fsp3) is 0.733. The number of thiazole rings is 1. The zero-order valence-corrected chi connectivity index (χ0v) is 13.4. The topological polar surface area (TPSA) is 36.4 Å². The molecule has 5 heteroatoms. The Morgan fingerprint density at radius 1 is 1.45 bits per heavy atom. The lowest BCUT2D eigenvalue weighted by atomic mass is 10.0. The Morgan fingerprint density at radius 3 is 3.00 bits per heavy atom. The Morgan fingerprint density at radius 2 is 2.30 bits per heavy atom. The number of rotatable bonds is 6. The second kappa shape index (κ2) is 7.74. The molecule has 0 aromatic carbocycles. The fourth-order valence-electron chi connectivity index (χ4n) is 2.73. The summed E-state index contributed by atoms with van der Waals surface area (Å²) in [6, 6.07) is 0.227. The number of hydrogen-bond acceptors (Lipinski definition) is 4. The highest BCUT2D eigenvalue weighted by Gasteiger charge is 2.28. The summed E-state index contributed by atoms with van der Waals surface area (Å²) in [5.41, 5.74) is 0. The van der Waals surface area contributed by atoms with Crippen molar-refractivity contribution in [3.63, 3.8) is 0 Å². The Labute approximate surface area is 125 Å². The van der Waals surface area contributed by atoms with Crippen molar-refractivity contribution in [2.45, 2.75) is 44.6 Å². The van der Waals surface area contributed by atoms with E-state index < -0.39 is 0 Å². The van der Waals surface area contributed by atoms with Crippen molar-refractivity contribution in [3.8, 4) is 0 Å². The van der Waals surface area contributed by atoms with Gasteiger partial charge in [-0.15, -0.1) is 11.3 Å². The van der Waals surface area contributed by atoms with E-state index in [2.05, 4.69) is 28.9 Å². The number of amides is 1. The Bertz CT molecular complexity index is 405. The average molecular weight is 295 g/mol. The zero-order valence-electron chi connectivity index (χ0n) is 12.5. The summed E-state index contributed by atoms with van der Waals surface area (Å²) >= 11 is 1.67. The molecule has 0 N–H and O–H groups in total. The first-order chi connectivity index (χ1) is 9.68. The second-order valence-corrected chi connectivity index (χ2v) is 6.66. The number of aromatic nitrogens is 1. The summed E-state index contributed by atoms with van der Waals surface area (Å²) in [5.74, 6) is 0.309. The number of piperidine rings is 1. The van der Waals surface area contributed by atoms with E-state index in [9.17, 15) is 4.79 Å². The number of carbonyl (C=O) groups excluding carboxylic acids is 1. The molecule has 112 valence electrons. The molecule has 1 fully saturated rings. The summed E-state index contributed by atoms with van der Waals surface area (Å²) in [7, 11) is 4.15. The van der Waals surface area contributed by atoms with E-state index in [1.54, 1.807) is 11.3 Å². The first-order valence-electron chi connectivity index (χ1n) is 7.52. The molecule has 20 heavy (non-hydrogen) atoms. The molecule has 1 saturated heterocycles. The fourth-order valence-corrected chi connectivity index (χ4v) is 3.52. The van der Waals surface area contributed by atoms with Crippen LogP contribution >= 0.6 is 11.3 Å². The lowest BCUT2D eigenvalue weighted by molar-refractivity contribution is -0.135. The van der Waals surface area contributed by atoms with Crippen LogP contribution < -0.4 is 0 Å². The molecule has 0 aliphatic carbocycles. The largest absolute Gasteiger partial charge is 0.333 e. The highest BCUT2D eigenvalue weighted by molar-refractivity contribution is 7.09. The molecule has 1 aromatic heterocycles. The summed E-state index contributed by atoms with van der Waals surface area (Å²) in [4.78, 5) is 21.1. The van der Waals surface area contributed by atoms with Crippen LogP contribution in [-0.2, 0) is 4.79 Å². The monoisotopic (exact) mass is 295 g/mol. The third-order valence-corrected chi connectivity index (χ3v) is 4.68. The van der Waals surface area contributed by atoms with Crippen molar-refractivity contribution < 1.29 is 4.79 Å². The van der Waals surface area contributed by atoms with Gasteiger partial charge in [0.25, 0.3) is 0 Å². The van der Waals surface area contributed by atoms with Gasteiger partial charge in [-0.2, -0.15) is 0 Å². The summed E-state index contributed by atoms with van der Waals surface area (Å²) in [6.07, 6.45) is 7.99. The van der Waals surface area contributed by atoms with Gasteiger partial charge in [0, 0.05) is 24.5 Å². The normalized spacial score (nSPS) is 19.6. The lowest BCUT2D eigenvalue weighted by Crippen LogP contribution is -2.38. The van der Waals surface area contributed by atoms with E-state index in [1.807, 2.05) is 11.6 Å². The van der Waals surface area contributed by atoms with E-state index in [0.29, 0.717) is 12.3 Å². The van der Waals surface area contributed by atoms with Crippen molar-refractivity contribution in [1.82, 2.24) is 14.8 Å². The highest BCUT2D eigenvalue weighted by Crippen LogP contribution is 2.32. The van der Waals surface area contributed by atoms with E-state index in [-0.39, 0.29) is 6.04 Å². The molecule has 1 amide bonds. The van der Waals surface area contributed by atoms with Crippen LogP contribution in [-0.4, -0.2) is 47.9 Å². The molecular weight excluding hydrogens is 270 g/mol. The van der Waals surface area contributed by atoms with Crippen LogP contribution in [0, 0.1) is 0 Å². The Hall–Kier alpha value is -0.940. The van der Waals surface area contributed by atoms with Gasteiger partial charge in [-0.1, -0.05) is 0 Å². The first-order valence-corrected chi connectivity index (χ1v) is 8.40. The smallest absolute Gasteiger partial charge is 0.223 e. The minimum absolute atomic E-state index is 0.227. The number of unbranched alkanes of at least 4 members (excludes halogenated alkanes) is 1. The number of hydrogen-bond donors (Lipinski definition) is 0.